The lowest BCUT2D eigenvalue weighted by molar-refractivity contribution is 0.107. The molecule has 14 heteroatoms. The van der Waals surface area contributed by atoms with Crippen molar-refractivity contribution in [1.29, 1.82) is 0 Å². The topological polar surface area (TPSA) is 106 Å². The Morgan fingerprint density at radius 1 is 1.06 bits per heavy atom. The van der Waals surface area contributed by atoms with Crippen LogP contribution in [0.15, 0.2) is 30.3 Å². The molecule has 0 spiro atoms. The number of aromatic nitrogens is 4. The van der Waals surface area contributed by atoms with Gasteiger partial charge in [0, 0.05) is 76.4 Å². The number of ether oxygens (including phenoxy) is 1. The minimum atomic E-state index is -0.866. The number of carbonyl (C=O) groups excluding carboxylic acids is 1. The predicted molar refractivity (Wildman–Crippen MR) is 199 cm³/mol. The lowest BCUT2D eigenvalue weighted by Crippen LogP contribution is -2.43. The molecule has 0 saturated carbocycles. The summed E-state index contributed by atoms with van der Waals surface area (Å²) in [6.07, 6.45) is 3.49. The number of aromatic hydroxyl groups is 1. The molecule has 2 fully saturated rings. The van der Waals surface area contributed by atoms with Gasteiger partial charge in [-0.15, -0.1) is 0 Å². The summed E-state index contributed by atoms with van der Waals surface area (Å²) in [6.45, 7) is 7.09. The van der Waals surface area contributed by atoms with Gasteiger partial charge in [-0.2, -0.15) is 15.1 Å². The van der Waals surface area contributed by atoms with E-state index in [-0.39, 0.29) is 29.1 Å². The SMILES string of the molecule is CCc1c(F)ccc2cc(O)cc(N3CCc4c(nc(OC[C@@]56CCCN5C[C@H](F)C6)nc4N4CCCn5nc(CN(C)C(=O)N(C)C)cc5C4)C3)c12. The maximum absolute atomic E-state index is 15.1. The normalized spacial score (nSPS) is 21.4. The lowest BCUT2D eigenvalue weighted by atomic mass is 9.95. The highest BCUT2D eigenvalue weighted by Crippen LogP contribution is 2.42. The Hall–Kier alpha value is -4.72. The van der Waals surface area contributed by atoms with Crippen molar-refractivity contribution in [2.75, 3.05) is 63.7 Å². The van der Waals surface area contributed by atoms with E-state index in [1.165, 1.54) is 6.07 Å². The molecule has 0 aliphatic carbocycles. The van der Waals surface area contributed by atoms with Gasteiger partial charge in [-0.25, -0.2) is 13.6 Å². The maximum atomic E-state index is 15.1. The number of urea groups is 1. The minimum Gasteiger partial charge on any atom is -0.508 e. The zero-order valence-corrected chi connectivity index (χ0v) is 31.1. The highest BCUT2D eigenvalue weighted by atomic mass is 19.1. The molecule has 1 N–H and O–H groups in total. The third-order valence-electron chi connectivity index (χ3n) is 11.6. The van der Waals surface area contributed by atoms with E-state index in [1.54, 1.807) is 49.1 Å². The summed E-state index contributed by atoms with van der Waals surface area (Å²) in [5.41, 5.74) is 4.77. The lowest BCUT2D eigenvalue weighted by Gasteiger charge is -2.35. The van der Waals surface area contributed by atoms with E-state index in [1.807, 2.05) is 11.6 Å². The zero-order chi connectivity index (χ0) is 37.0. The molecule has 4 aliphatic heterocycles. The Balaban J connectivity index is 1.14. The highest BCUT2D eigenvalue weighted by Gasteiger charge is 2.49. The van der Waals surface area contributed by atoms with Gasteiger partial charge in [0.25, 0.3) is 0 Å². The third-order valence-corrected chi connectivity index (χ3v) is 11.6. The van der Waals surface area contributed by atoms with Gasteiger partial charge in [0.1, 0.15) is 30.2 Å². The Kier molecular flexibility index (Phi) is 9.28. The van der Waals surface area contributed by atoms with E-state index >= 15 is 4.39 Å². The predicted octanol–water partition coefficient (Wildman–Crippen LogP) is 5.28. The average molecular weight is 730 g/mol. The Morgan fingerprint density at radius 3 is 2.72 bits per heavy atom. The van der Waals surface area contributed by atoms with Crippen LogP contribution in [0.2, 0.25) is 0 Å². The first-order valence-corrected chi connectivity index (χ1v) is 18.9. The number of anilines is 2. The standard InChI is InChI=1S/C39H49F2N9O3/c1-5-30-32(41)9-8-25-16-29(51)18-34(35(25)30)47-15-10-31-33(23-47)42-37(53-24-39-11-6-13-49(39)20-26(40)19-39)43-36(31)48-12-7-14-50-28(22-48)17-27(44-50)21-46(4)38(52)45(2)3/h8-9,16-18,26,51H,5-7,10-15,19-24H2,1-4H3/t26-,39+/m1/s1. The number of halogens is 2. The van der Waals surface area contributed by atoms with Crippen molar-refractivity contribution in [1.82, 2.24) is 34.4 Å². The van der Waals surface area contributed by atoms with Crippen molar-refractivity contribution in [2.45, 2.75) is 83.3 Å². The van der Waals surface area contributed by atoms with E-state index in [4.69, 9.17) is 19.8 Å². The number of carbonyl (C=O) groups is 1. The summed E-state index contributed by atoms with van der Waals surface area (Å²) in [6, 6.07) is 8.86. The molecule has 0 radical (unpaired) electrons. The summed E-state index contributed by atoms with van der Waals surface area (Å²) in [5.74, 6) is 0.685. The molecule has 0 bridgehead atoms. The number of phenolic OH excluding ortho intramolecular Hbond substituents is 1. The van der Waals surface area contributed by atoms with E-state index in [0.29, 0.717) is 64.2 Å². The second-order valence-corrected chi connectivity index (χ2v) is 15.4. The van der Waals surface area contributed by atoms with Crippen molar-refractivity contribution in [2.24, 2.45) is 0 Å². The number of aryl methyl sites for hydroxylation is 2. The van der Waals surface area contributed by atoms with Gasteiger partial charge in [0.05, 0.1) is 42.3 Å². The van der Waals surface area contributed by atoms with Crippen molar-refractivity contribution >= 4 is 28.3 Å². The Morgan fingerprint density at radius 2 is 1.91 bits per heavy atom. The van der Waals surface area contributed by atoms with Crippen LogP contribution in [0, 0.1) is 5.82 Å². The third kappa shape index (κ3) is 6.59. The Labute approximate surface area is 308 Å². The number of rotatable bonds is 8. The molecule has 0 unspecified atom stereocenters. The van der Waals surface area contributed by atoms with Gasteiger partial charge in [0.2, 0.25) is 0 Å². The smallest absolute Gasteiger partial charge is 0.319 e. The molecule has 2 atom stereocenters. The number of hydrogen-bond acceptors (Lipinski definition) is 9. The van der Waals surface area contributed by atoms with Crippen LogP contribution >= 0.6 is 0 Å². The van der Waals surface area contributed by atoms with Crippen LogP contribution < -0.4 is 14.5 Å². The first kappa shape index (κ1) is 35.3. The van der Waals surface area contributed by atoms with Gasteiger partial charge in [0.15, 0.2) is 0 Å². The molecule has 2 saturated heterocycles. The van der Waals surface area contributed by atoms with E-state index < -0.39 is 6.17 Å². The number of fused-ring (bicyclic) bond motifs is 4. The summed E-state index contributed by atoms with van der Waals surface area (Å²) < 4.78 is 38.3. The molecule has 282 valence electrons. The number of benzene rings is 2. The van der Waals surface area contributed by atoms with Crippen LogP contribution in [0.25, 0.3) is 10.8 Å². The molecule has 53 heavy (non-hydrogen) atoms. The van der Waals surface area contributed by atoms with E-state index in [9.17, 15) is 14.3 Å². The number of phenols is 1. The summed E-state index contributed by atoms with van der Waals surface area (Å²) in [4.78, 5) is 32.5. The molecule has 8 rings (SSSR count). The van der Waals surface area contributed by atoms with Crippen LogP contribution in [0.4, 0.5) is 25.1 Å². The number of nitrogens with zero attached hydrogens (tertiary/aromatic N) is 9. The van der Waals surface area contributed by atoms with Crippen molar-refractivity contribution in [3.8, 4) is 11.8 Å². The van der Waals surface area contributed by atoms with E-state index in [0.717, 1.165) is 83.8 Å². The van der Waals surface area contributed by atoms with Crippen LogP contribution in [-0.4, -0.2) is 111 Å². The molecule has 2 aromatic carbocycles. The molecule has 4 aliphatic rings. The first-order valence-electron chi connectivity index (χ1n) is 18.9. The molecule has 12 nitrogen and oxygen atoms in total. The highest BCUT2D eigenvalue weighted by molar-refractivity contribution is 5.98. The van der Waals surface area contributed by atoms with Crippen LogP contribution in [0.1, 0.15) is 60.8 Å². The quantitative estimate of drug-likeness (QED) is 0.260. The molecule has 2 amide bonds. The van der Waals surface area contributed by atoms with Gasteiger partial charge in [-0.3, -0.25) is 9.58 Å². The summed E-state index contributed by atoms with van der Waals surface area (Å²) >= 11 is 0. The first-order chi connectivity index (χ1) is 25.5. The fraction of sp³-hybridized carbons (Fsp3) is 0.538. The van der Waals surface area contributed by atoms with Gasteiger partial charge in [-0.1, -0.05) is 13.0 Å². The maximum Gasteiger partial charge on any atom is 0.319 e. The number of amides is 2. The van der Waals surface area contributed by atoms with Crippen LogP contribution in [0.3, 0.4) is 0 Å². The van der Waals surface area contributed by atoms with Crippen molar-refractivity contribution < 1.29 is 23.4 Å². The monoisotopic (exact) mass is 729 g/mol. The molecular formula is C39H49F2N9O3. The van der Waals surface area contributed by atoms with Gasteiger partial charge < -0.3 is 29.4 Å². The molecule has 6 heterocycles. The second kappa shape index (κ2) is 13.9. The fourth-order valence-electron chi connectivity index (χ4n) is 9.07. The van der Waals surface area contributed by atoms with Crippen molar-refractivity contribution in [3.63, 3.8) is 0 Å². The molecule has 4 aromatic rings. The molecule has 2 aromatic heterocycles. The second-order valence-electron chi connectivity index (χ2n) is 15.4. The van der Waals surface area contributed by atoms with E-state index in [2.05, 4.69) is 20.8 Å². The molecular weight excluding hydrogens is 680 g/mol. The summed E-state index contributed by atoms with van der Waals surface area (Å²) in [7, 11) is 5.25. The number of alkyl halides is 1. The Bertz CT molecular complexity index is 2040. The zero-order valence-electron chi connectivity index (χ0n) is 31.1. The van der Waals surface area contributed by atoms with Crippen molar-refractivity contribution in [3.05, 3.63) is 64.4 Å². The minimum absolute atomic E-state index is 0.0846. The summed E-state index contributed by atoms with van der Waals surface area (Å²) in [5, 5.41) is 17.2. The average Bonchev–Trinajstić information content (AvgIpc) is 3.75. The van der Waals surface area contributed by atoms with Gasteiger partial charge in [-0.05, 0) is 67.8 Å². The van der Waals surface area contributed by atoms with Crippen LogP contribution in [-0.2, 0) is 39.0 Å². The largest absolute Gasteiger partial charge is 0.508 e. The van der Waals surface area contributed by atoms with Gasteiger partial charge >= 0.3 is 12.0 Å². The van der Waals surface area contributed by atoms with Crippen LogP contribution in [0.5, 0.6) is 11.8 Å². The number of hydrogen-bond donors (Lipinski definition) is 1. The fourth-order valence-corrected chi connectivity index (χ4v) is 9.07.